The number of nitrogens with one attached hydrogen (secondary N) is 1. The molecule has 4 nitrogen and oxygen atoms in total. The van der Waals surface area contributed by atoms with E-state index in [2.05, 4.69) is 34.5 Å². The molecule has 142 valence electrons. The summed E-state index contributed by atoms with van der Waals surface area (Å²) < 4.78 is 0. The number of anilines is 1. The molecule has 3 rings (SSSR count). The van der Waals surface area contributed by atoms with Crippen LogP contribution in [0.1, 0.15) is 46.3 Å². The molecule has 0 spiro atoms. The lowest BCUT2D eigenvalue weighted by atomic mass is 10.0. The maximum absolute atomic E-state index is 12.2. The van der Waals surface area contributed by atoms with Crippen molar-refractivity contribution in [3.8, 4) is 0 Å². The van der Waals surface area contributed by atoms with Gasteiger partial charge in [-0.15, -0.1) is 0 Å². The molecule has 1 amide bonds. The van der Waals surface area contributed by atoms with Crippen molar-refractivity contribution in [2.24, 2.45) is 0 Å². The topological polar surface area (TPSA) is 49.4 Å². The van der Waals surface area contributed by atoms with E-state index in [4.69, 9.17) is 0 Å². The van der Waals surface area contributed by atoms with Gasteiger partial charge >= 0.3 is 0 Å². The summed E-state index contributed by atoms with van der Waals surface area (Å²) in [6, 6.07) is 14.2. The van der Waals surface area contributed by atoms with Crippen molar-refractivity contribution in [1.82, 2.24) is 5.32 Å². The van der Waals surface area contributed by atoms with E-state index < -0.39 is 0 Å². The van der Waals surface area contributed by atoms with Crippen molar-refractivity contribution in [3.63, 3.8) is 0 Å². The number of ketones is 1. The monoisotopic (exact) mass is 364 g/mol. The van der Waals surface area contributed by atoms with Crippen LogP contribution in [0.3, 0.4) is 0 Å². The van der Waals surface area contributed by atoms with E-state index in [1.807, 2.05) is 32.0 Å². The van der Waals surface area contributed by atoms with Crippen LogP contribution in [0.15, 0.2) is 42.5 Å². The summed E-state index contributed by atoms with van der Waals surface area (Å²) in [7, 11) is 0. The van der Waals surface area contributed by atoms with Gasteiger partial charge in [0.2, 0.25) is 5.91 Å². The highest BCUT2D eigenvalue weighted by atomic mass is 16.2. The Balaban J connectivity index is 1.35. The molecule has 0 radical (unpaired) electrons. The van der Waals surface area contributed by atoms with Crippen molar-refractivity contribution in [2.45, 2.75) is 39.5 Å². The van der Waals surface area contributed by atoms with Gasteiger partial charge in [0.15, 0.2) is 5.78 Å². The molecule has 0 unspecified atom stereocenters. The Labute approximate surface area is 161 Å². The second kappa shape index (κ2) is 8.85. The number of carbonyl (C=O) groups is 2. The molecule has 1 aliphatic rings. The Bertz CT molecular complexity index is 829. The normalized spacial score (nSPS) is 12.7. The van der Waals surface area contributed by atoms with E-state index in [0.717, 1.165) is 31.5 Å². The lowest BCUT2D eigenvalue weighted by molar-refractivity contribution is -0.121. The molecule has 0 fully saturated rings. The van der Waals surface area contributed by atoms with Gasteiger partial charge in [-0.1, -0.05) is 30.3 Å². The number of benzene rings is 2. The number of hydrogen-bond acceptors (Lipinski definition) is 3. The van der Waals surface area contributed by atoms with Crippen LogP contribution in [0.25, 0.3) is 0 Å². The number of amides is 1. The SMILES string of the molecule is Cc1ccc(C(=O)CCC(=O)NCCCN2CCc3ccccc32)cc1C. The zero-order chi connectivity index (χ0) is 19.2. The van der Waals surface area contributed by atoms with Crippen LogP contribution in [0, 0.1) is 13.8 Å². The largest absolute Gasteiger partial charge is 0.371 e. The fourth-order valence-electron chi connectivity index (χ4n) is 3.51. The third kappa shape index (κ3) is 4.97. The molecule has 2 aromatic carbocycles. The number of fused-ring (bicyclic) bond motifs is 1. The molecule has 0 aliphatic carbocycles. The molecular weight excluding hydrogens is 336 g/mol. The number of para-hydroxylation sites is 1. The van der Waals surface area contributed by atoms with E-state index in [1.165, 1.54) is 16.8 Å². The molecule has 1 N–H and O–H groups in total. The minimum atomic E-state index is -0.0472. The smallest absolute Gasteiger partial charge is 0.220 e. The highest BCUT2D eigenvalue weighted by Crippen LogP contribution is 2.27. The van der Waals surface area contributed by atoms with Gasteiger partial charge in [0.25, 0.3) is 0 Å². The number of hydrogen-bond donors (Lipinski definition) is 1. The highest BCUT2D eigenvalue weighted by molar-refractivity contribution is 5.98. The zero-order valence-electron chi connectivity index (χ0n) is 16.3. The third-order valence-corrected chi connectivity index (χ3v) is 5.32. The molecule has 0 atom stereocenters. The van der Waals surface area contributed by atoms with E-state index >= 15 is 0 Å². The fraction of sp³-hybridized carbons (Fsp3) is 0.391. The second-order valence-electron chi connectivity index (χ2n) is 7.29. The average molecular weight is 364 g/mol. The van der Waals surface area contributed by atoms with Gasteiger partial charge in [-0.05, 0) is 55.5 Å². The van der Waals surface area contributed by atoms with Crippen molar-refractivity contribution in [1.29, 1.82) is 0 Å². The van der Waals surface area contributed by atoms with Gasteiger partial charge < -0.3 is 10.2 Å². The number of aryl methyl sites for hydroxylation is 2. The molecule has 0 aromatic heterocycles. The van der Waals surface area contributed by atoms with Crippen molar-refractivity contribution >= 4 is 17.4 Å². The molecule has 1 heterocycles. The fourth-order valence-corrected chi connectivity index (χ4v) is 3.51. The molecule has 0 bridgehead atoms. The minimum Gasteiger partial charge on any atom is -0.371 e. The quantitative estimate of drug-likeness (QED) is 0.572. The average Bonchev–Trinajstić information content (AvgIpc) is 3.08. The predicted octanol–water partition coefficient (Wildman–Crippen LogP) is 3.84. The van der Waals surface area contributed by atoms with Gasteiger partial charge in [0, 0.05) is 43.7 Å². The lowest BCUT2D eigenvalue weighted by Crippen LogP contribution is -2.29. The Kier molecular flexibility index (Phi) is 6.28. The summed E-state index contributed by atoms with van der Waals surface area (Å²) in [5, 5.41) is 2.94. The Morgan fingerprint density at radius 1 is 1.04 bits per heavy atom. The standard InChI is InChI=1S/C23H28N2O2/c1-17-8-9-20(16-18(17)2)22(26)10-11-23(27)24-13-5-14-25-15-12-19-6-3-4-7-21(19)25/h3-4,6-9,16H,5,10-15H2,1-2H3,(H,24,27). The molecule has 2 aromatic rings. The summed E-state index contributed by atoms with van der Waals surface area (Å²) >= 11 is 0. The van der Waals surface area contributed by atoms with Crippen LogP contribution in [0.4, 0.5) is 5.69 Å². The lowest BCUT2D eigenvalue weighted by Gasteiger charge is -2.19. The summed E-state index contributed by atoms with van der Waals surface area (Å²) in [6.07, 6.45) is 2.51. The third-order valence-electron chi connectivity index (χ3n) is 5.32. The van der Waals surface area contributed by atoms with Crippen LogP contribution in [-0.4, -0.2) is 31.3 Å². The summed E-state index contributed by atoms with van der Waals surface area (Å²) in [4.78, 5) is 26.6. The van der Waals surface area contributed by atoms with Gasteiger partial charge in [0.1, 0.15) is 0 Å². The summed E-state index contributed by atoms with van der Waals surface area (Å²) in [5.41, 5.74) is 5.70. The second-order valence-corrected chi connectivity index (χ2v) is 7.29. The maximum Gasteiger partial charge on any atom is 0.220 e. The van der Waals surface area contributed by atoms with Crippen molar-refractivity contribution in [2.75, 3.05) is 24.5 Å². The number of carbonyl (C=O) groups excluding carboxylic acids is 2. The Hall–Kier alpha value is -2.62. The first-order valence-corrected chi connectivity index (χ1v) is 9.74. The zero-order valence-corrected chi connectivity index (χ0v) is 16.3. The number of rotatable bonds is 8. The summed E-state index contributed by atoms with van der Waals surface area (Å²) in [6.45, 7) is 6.67. The highest BCUT2D eigenvalue weighted by Gasteiger charge is 2.17. The van der Waals surface area contributed by atoms with Crippen LogP contribution in [0.5, 0.6) is 0 Å². The van der Waals surface area contributed by atoms with Gasteiger partial charge in [-0.25, -0.2) is 0 Å². The van der Waals surface area contributed by atoms with Crippen LogP contribution in [0.2, 0.25) is 0 Å². The molecule has 27 heavy (non-hydrogen) atoms. The van der Waals surface area contributed by atoms with Gasteiger partial charge in [0.05, 0.1) is 0 Å². The molecule has 1 aliphatic heterocycles. The van der Waals surface area contributed by atoms with Gasteiger partial charge in [-0.2, -0.15) is 0 Å². The maximum atomic E-state index is 12.2. The van der Waals surface area contributed by atoms with E-state index in [9.17, 15) is 9.59 Å². The Morgan fingerprint density at radius 2 is 1.85 bits per heavy atom. The van der Waals surface area contributed by atoms with Crippen molar-refractivity contribution in [3.05, 3.63) is 64.7 Å². The summed E-state index contributed by atoms with van der Waals surface area (Å²) in [5.74, 6) is -0.0177. The Morgan fingerprint density at radius 3 is 2.67 bits per heavy atom. The first-order chi connectivity index (χ1) is 13.0. The van der Waals surface area contributed by atoms with Gasteiger partial charge in [-0.3, -0.25) is 9.59 Å². The predicted molar refractivity (Wildman–Crippen MR) is 109 cm³/mol. The van der Waals surface area contributed by atoms with Crippen LogP contribution < -0.4 is 10.2 Å². The number of Topliss-reactive ketones (excluding diaryl/α,β-unsaturated/α-hetero) is 1. The van der Waals surface area contributed by atoms with Crippen LogP contribution in [-0.2, 0) is 11.2 Å². The molecule has 0 saturated heterocycles. The van der Waals surface area contributed by atoms with E-state index in [0.29, 0.717) is 12.1 Å². The van der Waals surface area contributed by atoms with Crippen molar-refractivity contribution < 1.29 is 9.59 Å². The number of nitrogens with zero attached hydrogens (tertiary/aromatic N) is 1. The molecule has 0 saturated carbocycles. The van der Waals surface area contributed by atoms with Crippen LogP contribution >= 0.6 is 0 Å². The first kappa shape index (κ1) is 19.2. The minimum absolute atomic E-state index is 0.0296. The first-order valence-electron chi connectivity index (χ1n) is 9.74. The molecule has 4 heteroatoms. The molecular formula is C23H28N2O2. The van der Waals surface area contributed by atoms with E-state index in [-0.39, 0.29) is 24.5 Å². The van der Waals surface area contributed by atoms with E-state index in [1.54, 1.807) is 0 Å².